The maximum Gasteiger partial charge on any atom is 0.0560 e. The second-order valence-electron chi connectivity index (χ2n) is 4.98. The molecule has 3 nitrogen and oxygen atoms in total. The molecule has 1 aliphatic rings. The minimum Gasteiger partial charge on any atom is -0.310 e. The lowest BCUT2D eigenvalue weighted by molar-refractivity contribution is 0.369. The van der Waals surface area contributed by atoms with Crippen LogP contribution in [-0.2, 0) is 6.54 Å². The summed E-state index contributed by atoms with van der Waals surface area (Å²) < 4.78 is 2.01. The SMILES string of the molecule is CC(Cn1cccn1)NC1CCCCCC1. The molecule has 2 rings (SSSR count). The van der Waals surface area contributed by atoms with Crippen molar-refractivity contribution in [3.8, 4) is 0 Å². The molecule has 0 amide bonds. The molecule has 16 heavy (non-hydrogen) atoms. The van der Waals surface area contributed by atoms with Crippen LogP contribution in [0.1, 0.15) is 45.4 Å². The van der Waals surface area contributed by atoms with Crippen LogP contribution in [0.25, 0.3) is 0 Å². The fourth-order valence-electron chi connectivity index (χ4n) is 2.59. The zero-order valence-electron chi connectivity index (χ0n) is 10.2. The zero-order chi connectivity index (χ0) is 11.2. The molecule has 1 aliphatic carbocycles. The molecule has 0 saturated heterocycles. The van der Waals surface area contributed by atoms with Gasteiger partial charge in [-0.2, -0.15) is 5.10 Å². The highest BCUT2D eigenvalue weighted by Gasteiger charge is 2.14. The first-order valence-electron chi connectivity index (χ1n) is 6.58. The van der Waals surface area contributed by atoms with Crippen molar-refractivity contribution < 1.29 is 0 Å². The quantitative estimate of drug-likeness (QED) is 0.792. The molecule has 0 radical (unpaired) electrons. The van der Waals surface area contributed by atoms with Crippen molar-refractivity contribution in [2.24, 2.45) is 0 Å². The minimum absolute atomic E-state index is 0.517. The molecular formula is C13H23N3. The van der Waals surface area contributed by atoms with Gasteiger partial charge in [0.25, 0.3) is 0 Å². The first-order valence-corrected chi connectivity index (χ1v) is 6.58. The predicted octanol–water partition coefficient (Wildman–Crippen LogP) is 2.58. The average Bonchev–Trinajstić information content (AvgIpc) is 2.62. The van der Waals surface area contributed by atoms with Crippen molar-refractivity contribution >= 4 is 0 Å². The van der Waals surface area contributed by atoms with E-state index in [4.69, 9.17) is 0 Å². The van der Waals surface area contributed by atoms with E-state index in [9.17, 15) is 0 Å². The van der Waals surface area contributed by atoms with Gasteiger partial charge >= 0.3 is 0 Å². The Bertz CT molecular complexity index is 273. The summed E-state index contributed by atoms with van der Waals surface area (Å²) in [4.78, 5) is 0. The first kappa shape index (κ1) is 11.6. The minimum atomic E-state index is 0.517. The summed E-state index contributed by atoms with van der Waals surface area (Å²) in [6, 6.07) is 3.23. The lowest BCUT2D eigenvalue weighted by atomic mass is 10.1. The second-order valence-corrected chi connectivity index (χ2v) is 4.98. The molecule has 3 heteroatoms. The van der Waals surface area contributed by atoms with Gasteiger partial charge in [0.15, 0.2) is 0 Å². The van der Waals surface area contributed by atoms with Crippen LogP contribution in [0, 0.1) is 0 Å². The molecule has 0 aliphatic heterocycles. The van der Waals surface area contributed by atoms with E-state index < -0.39 is 0 Å². The molecule has 1 aromatic rings. The van der Waals surface area contributed by atoms with Gasteiger partial charge in [-0.3, -0.25) is 4.68 Å². The summed E-state index contributed by atoms with van der Waals surface area (Å²) >= 11 is 0. The number of nitrogens with zero attached hydrogens (tertiary/aromatic N) is 2. The Kier molecular flexibility index (Phi) is 4.40. The molecule has 1 saturated carbocycles. The molecule has 0 spiro atoms. The van der Waals surface area contributed by atoms with E-state index in [-0.39, 0.29) is 0 Å². The van der Waals surface area contributed by atoms with E-state index >= 15 is 0 Å². The topological polar surface area (TPSA) is 29.9 Å². The van der Waals surface area contributed by atoms with Gasteiger partial charge in [0.2, 0.25) is 0 Å². The van der Waals surface area contributed by atoms with Crippen molar-refractivity contribution in [3.63, 3.8) is 0 Å². The third kappa shape index (κ3) is 3.63. The monoisotopic (exact) mass is 221 g/mol. The largest absolute Gasteiger partial charge is 0.310 e. The molecule has 90 valence electrons. The normalized spacial score (nSPS) is 20.6. The van der Waals surface area contributed by atoms with Gasteiger partial charge in [-0.15, -0.1) is 0 Å². The maximum atomic E-state index is 4.24. The number of nitrogens with one attached hydrogen (secondary N) is 1. The molecule has 0 aromatic carbocycles. The van der Waals surface area contributed by atoms with Gasteiger partial charge in [-0.05, 0) is 25.8 Å². The van der Waals surface area contributed by atoms with Gasteiger partial charge in [-0.25, -0.2) is 0 Å². The van der Waals surface area contributed by atoms with E-state index in [2.05, 4.69) is 17.3 Å². The zero-order valence-corrected chi connectivity index (χ0v) is 10.2. The molecule has 1 unspecified atom stereocenters. The molecule has 1 fully saturated rings. The van der Waals surface area contributed by atoms with Gasteiger partial charge in [0.05, 0.1) is 6.54 Å². The van der Waals surface area contributed by atoms with E-state index in [0.29, 0.717) is 6.04 Å². The Balaban J connectivity index is 1.75. The van der Waals surface area contributed by atoms with Crippen LogP contribution in [0.2, 0.25) is 0 Å². The highest BCUT2D eigenvalue weighted by atomic mass is 15.3. The van der Waals surface area contributed by atoms with Crippen LogP contribution in [0.5, 0.6) is 0 Å². The maximum absolute atomic E-state index is 4.24. The van der Waals surface area contributed by atoms with Gasteiger partial charge in [0, 0.05) is 24.5 Å². The van der Waals surface area contributed by atoms with Crippen molar-refractivity contribution in [1.29, 1.82) is 0 Å². The van der Waals surface area contributed by atoms with Crippen LogP contribution >= 0.6 is 0 Å². The summed E-state index contributed by atoms with van der Waals surface area (Å²) in [5, 5.41) is 7.98. The third-order valence-electron chi connectivity index (χ3n) is 3.40. The highest BCUT2D eigenvalue weighted by Crippen LogP contribution is 2.17. The second kappa shape index (κ2) is 6.04. The first-order chi connectivity index (χ1) is 7.84. The number of hydrogen-bond acceptors (Lipinski definition) is 2. The molecule has 1 heterocycles. The van der Waals surface area contributed by atoms with Crippen molar-refractivity contribution in [2.75, 3.05) is 0 Å². The summed E-state index contributed by atoms with van der Waals surface area (Å²) in [6.07, 6.45) is 12.2. The van der Waals surface area contributed by atoms with Crippen molar-refractivity contribution in [2.45, 2.75) is 64.1 Å². The Morgan fingerprint density at radius 2 is 2.06 bits per heavy atom. The summed E-state index contributed by atoms with van der Waals surface area (Å²) in [5.74, 6) is 0. The lowest BCUT2D eigenvalue weighted by Gasteiger charge is -2.22. The third-order valence-corrected chi connectivity index (χ3v) is 3.40. The van der Waals surface area contributed by atoms with Crippen LogP contribution in [0.15, 0.2) is 18.5 Å². The van der Waals surface area contributed by atoms with Crippen LogP contribution in [0.3, 0.4) is 0 Å². The fraction of sp³-hybridized carbons (Fsp3) is 0.769. The van der Waals surface area contributed by atoms with E-state index in [1.165, 1.54) is 38.5 Å². The Morgan fingerprint density at radius 3 is 2.69 bits per heavy atom. The Labute approximate surface area is 98.2 Å². The summed E-state index contributed by atoms with van der Waals surface area (Å²) in [7, 11) is 0. The molecule has 0 bridgehead atoms. The Hall–Kier alpha value is -0.830. The van der Waals surface area contributed by atoms with Crippen LogP contribution < -0.4 is 5.32 Å². The standard InChI is InChI=1S/C13H23N3/c1-12(11-16-10-6-9-14-16)15-13-7-4-2-3-5-8-13/h6,9-10,12-13,15H,2-5,7-8,11H2,1H3. The molecule has 1 atom stereocenters. The molecule has 1 N–H and O–H groups in total. The summed E-state index contributed by atoms with van der Waals surface area (Å²) in [6.45, 7) is 3.23. The highest BCUT2D eigenvalue weighted by molar-refractivity contribution is 4.80. The molecular weight excluding hydrogens is 198 g/mol. The van der Waals surface area contributed by atoms with Crippen molar-refractivity contribution in [3.05, 3.63) is 18.5 Å². The van der Waals surface area contributed by atoms with E-state index in [1.54, 1.807) is 0 Å². The van der Waals surface area contributed by atoms with Gasteiger partial charge < -0.3 is 5.32 Å². The van der Waals surface area contributed by atoms with E-state index in [0.717, 1.165) is 12.6 Å². The van der Waals surface area contributed by atoms with Crippen LogP contribution in [-0.4, -0.2) is 21.9 Å². The van der Waals surface area contributed by atoms with Crippen LogP contribution in [0.4, 0.5) is 0 Å². The average molecular weight is 221 g/mol. The fourth-order valence-corrected chi connectivity index (χ4v) is 2.59. The Morgan fingerprint density at radius 1 is 1.31 bits per heavy atom. The molecule has 1 aromatic heterocycles. The van der Waals surface area contributed by atoms with Gasteiger partial charge in [-0.1, -0.05) is 25.7 Å². The smallest absolute Gasteiger partial charge is 0.0560 e. The number of hydrogen-bond donors (Lipinski definition) is 1. The number of rotatable bonds is 4. The van der Waals surface area contributed by atoms with Crippen molar-refractivity contribution in [1.82, 2.24) is 15.1 Å². The number of aromatic nitrogens is 2. The lowest BCUT2D eigenvalue weighted by Crippen LogP contribution is -2.38. The predicted molar refractivity (Wildman–Crippen MR) is 66.3 cm³/mol. The summed E-state index contributed by atoms with van der Waals surface area (Å²) in [5.41, 5.74) is 0. The van der Waals surface area contributed by atoms with E-state index in [1.807, 2.05) is 23.1 Å². The van der Waals surface area contributed by atoms with Gasteiger partial charge in [0.1, 0.15) is 0 Å².